The van der Waals surface area contributed by atoms with Gasteiger partial charge in [-0.3, -0.25) is 4.79 Å². The van der Waals surface area contributed by atoms with E-state index in [4.69, 9.17) is 16.3 Å². The van der Waals surface area contributed by atoms with Crippen LogP contribution >= 0.6 is 11.6 Å². The maximum Gasteiger partial charge on any atom is 0.242 e. The van der Waals surface area contributed by atoms with Crippen LogP contribution in [0.1, 0.15) is 12.5 Å². The van der Waals surface area contributed by atoms with Crippen molar-refractivity contribution in [1.29, 1.82) is 0 Å². The summed E-state index contributed by atoms with van der Waals surface area (Å²) >= 11 is 5.94. The fraction of sp³-hybridized carbons (Fsp3) is 0.278. The fourth-order valence-electron chi connectivity index (χ4n) is 2.35. The number of carbonyl (C=O) groups is 1. The highest BCUT2D eigenvalue weighted by atomic mass is 35.5. The van der Waals surface area contributed by atoms with Crippen molar-refractivity contribution < 1.29 is 17.9 Å². The van der Waals surface area contributed by atoms with Crippen LogP contribution in [-0.2, 0) is 21.4 Å². The highest BCUT2D eigenvalue weighted by Gasteiger charge is 2.18. The van der Waals surface area contributed by atoms with Crippen molar-refractivity contribution in [2.75, 3.05) is 20.2 Å². The zero-order valence-corrected chi connectivity index (χ0v) is 16.2. The van der Waals surface area contributed by atoms with Crippen LogP contribution in [0, 0.1) is 0 Å². The van der Waals surface area contributed by atoms with E-state index in [0.29, 0.717) is 6.54 Å². The second-order valence-electron chi connectivity index (χ2n) is 5.62. The Morgan fingerprint density at radius 2 is 1.81 bits per heavy atom. The molecule has 0 radical (unpaired) electrons. The van der Waals surface area contributed by atoms with Gasteiger partial charge in [0.15, 0.2) is 0 Å². The van der Waals surface area contributed by atoms with E-state index in [1.165, 1.54) is 19.1 Å². The zero-order chi connectivity index (χ0) is 19.2. The molecule has 1 amide bonds. The first-order valence-electron chi connectivity index (χ1n) is 7.96. The van der Waals surface area contributed by atoms with Gasteiger partial charge in [-0.2, -0.15) is 0 Å². The number of benzene rings is 2. The van der Waals surface area contributed by atoms with Crippen LogP contribution in [0.15, 0.2) is 53.4 Å². The predicted molar refractivity (Wildman–Crippen MR) is 101 cm³/mol. The lowest BCUT2D eigenvalue weighted by atomic mass is 10.2. The Kier molecular flexibility index (Phi) is 7.02. The van der Waals surface area contributed by atoms with Crippen molar-refractivity contribution in [1.82, 2.24) is 9.62 Å². The number of hydrogen-bond acceptors (Lipinski definition) is 4. The number of nitrogens with one attached hydrogen (secondary N) is 1. The van der Waals surface area contributed by atoms with Gasteiger partial charge in [-0.25, -0.2) is 13.1 Å². The standard InChI is InChI=1S/C18H21ClN2O4S/c1-14(22)21(13-15-7-9-16(25-2)10-8-15)12-11-20-26(23,24)18-6-4-3-5-17(18)19/h3-10,20H,11-13H2,1-2H3. The van der Waals surface area contributed by atoms with Gasteiger partial charge in [-0.05, 0) is 29.8 Å². The molecule has 0 aliphatic heterocycles. The van der Waals surface area contributed by atoms with Crippen molar-refractivity contribution in [2.24, 2.45) is 0 Å². The molecule has 2 aromatic carbocycles. The molecule has 0 aliphatic carbocycles. The van der Waals surface area contributed by atoms with Gasteiger partial charge >= 0.3 is 0 Å². The highest BCUT2D eigenvalue weighted by molar-refractivity contribution is 7.89. The van der Waals surface area contributed by atoms with Crippen LogP contribution in [0.3, 0.4) is 0 Å². The molecule has 0 fully saturated rings. The monoisotopic (exact) mass is 396 g/mol. The summed E-state index contributed by atoms with van der Waals surface area (Å²) in [5.41, 5.74) is 0.926. The molecule has 2 rings (SSSR count). The predicted octanol–water partition coefficient (Wildman–Crippen LogP) is 2.68. The molecule has 0 saturated heterocycles. The smallest absolute Gasteiger partial charge is 0.242 e. The molecule has 0 spiro atoms. The Balaban J connectivity index is 1.98. The van der Waals surface area contributed by atoms with E-state index < -0.39 is 10.0 Å². The molecule has 1 N–H and O–H groups in total. The first kappa shape index (κ1) is 20.2. The maximum absolute atomic E-state index is 12.3. The number of ether oxygens (including phenoxy) is 1. The van der Waals surface area contributed by atoms with E-state index >= 15 is 0 Å². The number of nitrogens with zero attached hydrogens (tertiary/aromatic N) is 1. The second-order valence-corrected chi connectivity index (χ2v) is 7.76. The number of sulfonamides is 1. The summed E-state index contributed by atoms with van der Waals surface area (Å²) in [6.07, 6.45) is 0. The fourth-order valence-corrected chi connectivity index (χ4v) is 3.89. The average molecular weight is 397 g/mol. The van der Waals surface area contributed by atoms with Crippen molar-refractivity contribution in [3.05, 3.63) is 59.1 Å². The number of rotatable bonds is 8. The summed E-state index contributed by atoms with van der Waals surface area (Å²) in [6, 6.07) is 13.6. The first-order valence-corrected chi connectivity index (χ1v) is 9.82. The topological polar surface area (TPSA) is 75.7 Å². The van der Waals surface area contributed by atoms with Gasteiger partial charge in [0.05, 0.1) is 12.1 Å². The lowest BCUT2D eigenvalue weighted by Crippen LogP contribution is -2.37. The van der Waals surface area contributed by atoms with Gasteiger partial charge < -0.3 is 9.64 Å². The molecule has 2 aromatic rings. The zero-order valence-electron chi connectivity index (χ0n) is 14.6. The minimum absolute atomic E-state index is 0.0196. The molecule has 26 heavy (non-hydrogen) atoms. The minimum atomic E-state index is -3.73. The van der Waals surface area contributed by atoms with Crippen LogP contribution in [0.2, 0.25) is 5.02 Å². The average Bonchev–Trinajstić information content (AvgIpc) is 2.61. The van der Waals surface area contributed by atoms with Crippen LogP contribution in [0.25, 0.3) is 0 Å². The molecule has 6 nitrogen and oxygen atoms in total. The van der Waals surface area contributed by atoms with Gasteiger partial charge in [0.25, 0.3) is 0 Å². The third kappa shape index (κ3) is 5.45. The number of amides is 1. The lowest BCUT2D eigenvalue weighted by Gasteiger charge is -2.21. The van der Waals surface area contributed by atoms with E-state index in [0.717, 1.165) is 11.3 Å². The van der Waals surface area contributed by atoms with E-state index in [1.807, 2.05) is 24.3 Å². The third-order valence-electron chi connectivity index (χ3n) is 3.78. The molecular formula is C18H21ClN2O4S. The van der Waals surface area contributed by atoms with E-state index in [1.54, 1.807) is 24.1 Å². The summed E-state index contributed by atoms with van der Waals surface area (Å²) in [4.78, 5) is 13.4. The molecule has 0 atom stereocenters. The Bertz CT molecular complexity index is 854. The quantitative estimate of drug-likeness (QED) is 0.744. The van der Waals surface area contributed by atoms with Crippen molar-refractivity contribution in [3.63, 3.8) is 0 Å². The van der Waals surface area contributed by atoms with E-state index in [9.17, 15) is 13.2 Å². The molecule has 0 aliphatic rings. The van der Waals surface area contributed by atoms with Gasteiger partial charge in [0.1, 0.15) is 10.6 Å². The van der Waals surface area contributed by atoms with Crippen LogP contribution in [0.5, 0.6) is 5.75 Å². The van der Waals surface area contributed by atoms with Crippen molar-refractivity contribution in [3.8, 4) is 5.75 Å². The van der Waals surface area contributed by atoms with Gasteiger partial charge in [-0.1, -0.05) is 35.9 Å². The highest BCUT2D eigenvalue weighted by Crippen LogP contribution is 2.20. The molecule has 140 valence electrons. The summed E-state index contributed by atoms with van der Waals surface area (Å²) in [5.74, 6) is 0.591. The summed E-state index contributed by atoms with van der Waals surface area (Å²) in [7, 11) is -2.15. The van der Waals surface area contributed by atoms with E-state index in [-0.39, 0.29) is 28.9 Å². The molecule has 0 unspecified atom stereocenters. The first-order chi connectivity index (χ1) is 12.3. The Labute approximate surface area is 158 Å². The largest absolute Gasteiger partial charge is 0.497 e. The molecule has 0 aromatic heterocycles. The Morgan fingerprint density at radius 1 is 1.15 bits per heavy atom. The van der Waals surface area contributed by atoms with Crippen LogP contribution < -0.4 is 9.46 Å². The second kappa shape index (κ2) is 9.02. The van der Waals surface area contributed by atoms with Crippen LogP contribution in [0.4, 0.5) is 0 Å². The van der Waals surface area contributed by atoms with E-state index in [2.05, 4.69) is 4.72 Å². The number of hydrogen-bond donors (Lipinski definition) is 1. The summed E-state index contributed by atoms with van der Waals surface area (Å²) in [5, 5.41) is 0.154. The van der Waals surface area contributed by atoms with Crippen LogP contribution in [-0.4, -0.2) is 39.4 Å². The Hall–Kier alpha value is -2.09. The number of methoxy groups -OCH3 is 1. The summed E-state index contributed by atoms with van der Waals surface area (Å²) in [6.45, 7) is 2.16. The minimum Gasteiger partial charge on any atom is -0.497 e. The Morgan fingerprint density at radius 3 is 2.38 bits per heavy atom. The number of halogens is 1. The van der Waals surface area contributed by atoms with Gasteiger partial charge in [-0.15, -0.1) is 0 Å². The molecule has 8 heteroatoms. The van der Waals surface area contributed by atoms with Gasteiger partial charge in [0.2, 0.25) is 15.9 Å². The maximum atomic E-state index is 12.3. The molecule has 0 heterocycles. The SMILES string of the molecule is COc1ccc(CN(CCNS(=O)(=O)c2ccccc2Cl)C(C)=O)cc1. The van der Waals surface area contributed by atoms with Crippen molar-refractivity contribution in [2.45, 2.75) is 18.4 Å². The molecular weight excluding hydrogens is 376 g/mol. The van der Waals surface area contributed by atoms with Crippen molar-refractivity contribution >= 4 is 27.5 Å². The summed E-state index contributed by atoms with van der Waals surface area (Å²) < 4.78 is 32.2. The normalized spacial score (nSPS) is 11.2. The number of carbonyl (C=O) groups excluding carboxylic acids is 1. The van der Waals surface area contributed by atoms with Gasteiger partial charge in [0, 0.05) is 26.6 Å². The third-order valence-corrected chi connectivity index (χ3v) is 5.74. The lowest BCUT2D eigenvalue weighted by molar-refractivity contribution is -0.129. The molecule has 0 bridgehead atoms. The molecule has 0 saturated carbocycles.